The van der Waals surface area contributed by atoms with Crippen molar-refractivity contribution in [3.05, 3.63) is 40.4 Å². The Bertz CT molecular complexity index is 713. The Morgan fingerprint density at radius 1 is 1.29 bits per heavy atom. The summed E-state index contributed by atoms with van der Waals surface area (Å²) < 4.78 is 0. The van der Waals surface area contributed by atoms with Crippen LogP contribution in [0.1, 0.15) is 26.0 Å². The number of aliphatic carboxylic acids is 1. The highest BCUT2D eigenvalue weighted by molar-refractivity contribution is 7.13. The quantitative estimate of drug-likeness (QED) is 0.784. The van der Waals surface area contributed by atoms with Crippen LogP contribution in [0.5, 0.6) is 0 Å². The normalized spacial score (nSPS) is 12.2. The molecule has 0 bridgehead atoms. The van der Waals surface area contributed by atoms with Gasteiger partial charge in [-0.3, -0.25) is 4.79 Å². The van der Waals surface area contributed by atoms with Gasteiger partial charge >= 0.3 is 5.97 Å². The standard InChI is InChI=1S/C17H19ClN2O3S/c1-10(2)7-14(17(22)23)20-15(21)8-13-9-24-16(19-13)11-3-5-12(18)6-4-11/h3-6,9-10,14H,7-8H2,1-2H3,(H,20,21)(H,22,23)/t14-/m1/s1. The van der Waals surface area contributed by atoms with Gasteiger partial charge in [0.1, 0.15) is 11.0 Å². The van der Waals surface area contributed by atoms with Crippen molar-refractivity contribution in [3.63, 3.8) is 0 Å². The first-order valence-electron chi connectivity index (χ1n) is 7.57. The van der Waals surface area contributed by atoms with Gasteiger partial charge in [-0.05, 0) is 24.5 Å². The molecule has 1 aromatic heterocycles. The number of nitrogens with one attached hydrogen (secondary N) is 1. The molecule has 1 amide bonds. The summed E-state index contributed by atoms with van der Waals surface area (Å²) in [6, 6.07) is 6.44. The number of halogens is 1. The number of benzene rings is 1. The zero-order chi connectivity index (χ0) is 17.7. The molecule has 1 heterocycles. The highest BCUT2D eigenvalue weighted by Crippen LogP contribution is 2.25. The minimum absolute atomic E-state index is 0.0615. The number of hydrogen-bond acceptors (Lipinski definition) is 4. The number of thiazole rings is 1. The van der Waals surface area contributed by atoms with Gasteiger partial charge in [-0.1, -0.05) is 37.6 Å². The third-order valence-electron chi connectivity index (χ3n) is 3.33. The van der Waals surface area contributed by atoms with Gasteiger partial charge in [0.15, 0.2) is 0 Å². The number of aromatic nitrogens is 1. The molecule has 24 heavy (non-hydrogen) atoms. The maximum atomic E-state index is 12.1. The van der Waals surface area contributed by atoms with Crippen molar-refractivity contribution in [1.82, 2.24) is 10.3 Å². The first-order chi connectivity index (χ1) is 11.3. The van der Waals surface area contributed by atoms with E-state index in [0.29, 0.717) is 17.1 Å². The van der Waals surface area contributed by atoms with Gasteiger partial charge in [0.05, 0.1) is 12.1 Å². The summed E-state index contributed by atoms with van der Waals surface area (Å²) >= 11 is 7.30. The van der Waals surface area contributed by atoms with Crippen molar-refractivity contribution in [2.45, 2.75) is 32.7 Å². The average Bonchev–Trinajstić information content (AvgIpc) is 2.95. The van der Waals surface area contributed by atoms with Crippen LogP contribution in [-0.4, -0.2) is 28.0 Å². The van der Waals surface area contributed by atoms with Crippen LogP contribution in [0.3, 0.4) is 0 Å². The molecule has 7 heteroatoms. The zero-order valence-electron chi connectivity index (χ0n) is 13.5. The number of carbonyl (C=O) groups excluding carboxylic acids is 1. The molecule has 1 atom stereocenters. The van der Waals surface area contributed by atoms with Crippen molar-refractivity contribution in [2.24, 2.45) is 5.92 Å². The zero-order valence-corrected chi connectivity index (χ0v) is 15.0. The average molecular weight is 367 g/mol. The lowest BCUT2D eigenvalue weighted by Gasteiger charge is -2.16. The van der Waals surface area contributed by atoms with Crippen LogP contribution in [-0.2, 0) is 16.0 Å². The van der Waals surface area contributed by atoms with Crippen molar-refractivity contribution >= 4 is 34.8 Å². The maximum absolute atomic E-state index is 12.1. The Balaban J connectivity index is 1.99. The smallest absolute Gasteiger partial charge is 0.326 e. The summed E-state index contributed by atoms with van der Waals surface area (Å²) in [6.07, 6.45) is 0.458. The van der Waals surface area contributed by atoms with Crippen molar-refractivity contribution in [2.75, 3.05) is 0 Å². The molecule has 0 fully saturated rings. The van der Waals surface area contributed by atoms with Crippen LogP contribution < -0.4 is 5.32 Å². The molecule has 5 nitrogen and oxygen atoms in total. The van der Waals surface area contributed by atoms with Gasteiger partial charge in [0.25, 0.3) is 0 Å². The summed E-state index contributed by atoms with van der Waals surface area (Å²) in [7, 11) is 0. The third-order valence-corrected chi connectivity index (χ3v) is 4.52. The fourth-order valence-corrected chi connectivity index (χ4v) is 3.17. The highest BCUT2D eigenvalue weighted by Gasteiger charge is 2.21. The first-order valence-corrected chi connectivity index (χ1v) is 8.83. The predicted octanol–water partition coefficient (Wildman–Crippen LogP) is 3.62. The number of carboxylic acid groups (broad SMARTS) is 1. The maximum Gasteiger partial charge on any atom is 0.326 e. The lowest BCUT2D eigenvalue weighted by molar-refractivity contribution is -0.142. The van der Waals surface area contributed by atoms with Crippen molar-refractivity contribution < 1.29 is 14.7 Å². The van der Waals surface area contributed by atoms with E-state index in [2.05, 4.69) is 10.3 Å². The van der Waals surface area contributed by atoms with Gasteiger partial charge in [-0.25, -0.2) is 9.78 Å². The van der Waals surface area contributed by atoms with Gasteiger partial charge in [0.2, 0.25) is 5.91 Å². The number of carbonyl (C=O) groups is 2. The van der Waals surface area contributed by atoms with Gasteiger partial charge < -0.3 is 10.4 Å². The van der Waals surface area contributed by atoms with E-state index >= 15 is 0 Å². The number of nitrogens with zero attached hydrogens (tertiary/aromatic N) is 1. The molecule has 2 aromatic rings. The number of hydrogen-bond donors (Lipinski definition) is 2. The van der Waals surface area contributed by atoms with E-state index in [1.165, 1.54) is 11.3 Å². The van der Waals surface area contributed by atoms with Crippen LogP contribution in [0, 0.1) is 5.92 Å². The van der Waals surface area contributed by atoms with Crippen molar-refractivity contribution in [1.29, 1.82) is 0 Å². The summed E-state index contributed by atoms with van der Waals surface area (Å²) in [5, 5.41) is 15.0. The van der Waals surface area contributed by atoms with Gasteiger partial charge in [-0.15, -0.1) is 11.3 Å². The molecule has 2 N–H and O–H groups in total. The Morgan fingerprint density at radius 2 is 1.96 bits per heavy atom. The summed E-state index contributed by atoms with van der Waals surface area (Å²) in [5.74, 6) is -1.17. The third kappa shape index (κ3) is 5.32. The SMILES string of the molecule is CC(C)C[C@@H](NC(=O)Cc1csc(-c2ccc(Cl)cc2)n1)C(=O)O. The van der Waals surface area contributed by atoms with E-state index in [1.807, 2.05) is 31.4 Å². The molecule has 1 aromatic carbocycles. The predicted molar refractivity (Wildman–Crippen MR) is 95.3 cm³/mol. The van der Waals surface area contributed by atoms with Crippen LogP contribution in [0.15, 0.2) is 29.6 Å². The lowest BCUT2D eigenvalue weighted by Crippen LogP contribution is -2.42. The Morgan fingerprint density at radius 3 is 2.54 bits per heavy atom. The molecule has 128 valence electrons. The minimum atomic E-state index is -1.02. The molecule has 0 aliphatic carbocycles. The molecule has 0 saturated heterocycles. The topological polar surface area (TPSA) is 79.3 Å². The molecular weight excluding hydrogens is 348 g/mol. The monoisotopic (exact) mass is 366 g/mol. The lowest BCUT2D eigenvalue weighted by atomic mass is 10.0. The molecular formula is C17H19ClN2O3S. The second kappa shape index (κ2) is 8.26. The number of carboxylic acids is 1. The van der Waals surface area contributed by atoms with Crippen LogP contribution in [0.2, 0.25) is 5.02 Å². The van der Waals surface area contributed by atoms with Gasteiger partial charge in [0, 0.05) is 16.0 Å². The van der Waals surface area contributed by atoms with E-state index in [1.54, 1.807) is 12.1 Å². The molecule has 0 aliphatic heterocycles. The van der Waals surface area contributed by atoms with E-state index in [4.69, 9.17) is 11.6 Å². The highest BCUT2D eigenvalue weighted by atomic mass is 35.5. The second-order valence-corrected chi connectivity index (χ2v) is 7.21. The molecule has 0 aliphatic rings. The van der Waals surface area contributed by atoms with E-state index in [9.17, 15) is 14.7 Å². The minimum Gasteiger partial charge on any atom is -0.480 e. The largest absolute Gasteiger partial charge is 0.480 e. The van der Waals surface area contributed by atoms with Crippen LogP contribution >= 0.6 is 22.9 Å². The summed E-state index contributed by atoms with van der Waals surface area (Å²) in [5.41, 5.74) is 1.55. The summed E-state index contributed by atoms with van der Waals surface area (Å²) in [6.45, 7) is 3.84. The Hall–Kier alpha value is -1.92. The van der Waals surface area contributed by atoms with Crippen LogP contribution in [0.4, 0.5) is 0 Å². The van der Waals surface area contributed by atoms with Crippen LogP contribution in [0.25, 0.3) is 10.6 Å². The fraction of sp³-hybridized carbons (Fsp3) is 0.353. The van der Waals surface area contributed by atoms with E-state index in [-0.39, 0.29) is 18.2 Å². The molecule has 0 unspecified atom stereocenters. The molecule has 2 rings (SSSR count). The Labute approximate surface area is 149 Å². The first kappa shape index (κ1) is 18.4. The molecule has 0 saturated carbocycles. The summed E-state index contributed by atoms with van der Waals surface area (Å²) in [4.78, 5) is 27.7. The Kier molecular flexibility index (Phi) is 6.34. The van der Waals surface area contributed by atoms with Crippen molar-refractivity contribution in [3.8, 4) is 10.6 Å². The fourth-order valence-electron chi connectivity index (χ4n) is 2.22. The number of rotatable bonds is 7. The van der Waals surface area contributed by atoms with E-state index in [0.717, 1.165) is 10.6 Å². The van der Waals surface area contributed by atoms with Gasteiger partial charge in [-0.2, -0.15) is 0 Å². The number of amides is 1. The molecule has 0 spiro atoms. The second-order valence-electron chi connectivity index (χ2n) is 5.92. The van der Waals surface area contributed by atoms with E-state index < -0.39 is 12.0 Å². The molecule has 0 radical (unpaired) electrons.